The van der Waals surface area contributed by atoms with E-state index in [1.807, 2.05) is 24.3 Å². The van der Waals surface area contributed by atoms with Gasteiger partial charge in [-0.25, -0.2) is 4.39 Å². The van der Waals surface area contributed by atoms with Crippen LogP contribution in [0.25, 0.3) is 10.9 Å². The molecular formula is C15H11FN2O2. The molecule has 1 heterocycles. The first-order chi connectivity index (χ1) is 9.65. The maximum Gasteiger partial charge on any atom is 0.269 e. The fourth-order valence-corrected chi connectivity index (χ4v) is 2.02. The van der Waals surface area contributed by atoms with Crippen LogP contribution in [0.2, 0.25) is 0 Å². The average Bonchev–Trinajstić information content (AvgIpc) is 2.81. The van der Waals surface area contributed by atoms with Crippen molar-refractivity contribution in [1.82, 2.24) is 4.98 Å². The Morgan fingerprint density at radius 2 is 1.80 bits per heavy atom. The van der Waals surface area contributed by atoms with E-state index in [0.29, 0.717) is 11.5 Å². The Balaban J connectivity index is 2.11. The number of hydrogen-bond acceptors (Lipinski definition) is 2. The quantitative estimate of drug-likeness (QED) is 0.767. The number of halogens is 1. The summed E-state index contributed by atoms with van der Waals surface area (Å²) in [5, 5.41) is 0.741. The molecule has 0 unspecified atom stereocenters. The Bertz CT molecular complexity index is 778. The molecule has 0 aliphatic rings. The molecule has 100 valence electrons. The number of carbonyl (C=O) groups is 1. The maximum atomic E-state index is 12.9. The first-order valence-corrected chi connectivity index (χ1v) is 5.99. The number of carbonyl (C=O) groups excluding carboxylic acids is 1. The lowest BCUT2D eigenvalue weighted by molar-refractivity contribution is 0.0994. The number of primary amides is 1. The largest absolute Gasteiger partial charge is 0.454 e. The number of para-hydroxylation sites is 1. The Morgan fingerprint density at radius 1 is 1.10 bits per heavy atom. The predicted molar refractivity (Wildman–Crippen MR) is 73.3 cm³/mol. The van der Waals surface area contributed by atoms with Gasteiger partial charge >= 0.3 is 0 Å². The van der Waals surface area contributed by atoms with Crippen molar-refractivity contribution in [3.8, 4) is 11.5 Å². The van der Waals surface area contributed by atoms with E-state index in [1.54, 1.807) is 0 Å². The van der Waals surface area contributed by atoms with E-state index >= 15 is 0 Å². The zero-order valence-corrected chi connectivity index (χ0v) is 10.4. The third kappa shape index (κ3) is 2.09. The third-order valence-corrected chi connectivity index (χ3v) is 2.94. The number of amides is 1. The second kappa shape index (κ2) is 4.70. The molecule has 4 nitrogen and oxygen atoms in total. The van der Waals surface area contributed by atoms with Crippen LogP contribution in [0, 0.1) is 5.82 Å². The molecule has 2 aromatic carbocycles. The normalized spacial score (nSPS) is 10.7. The summed E-state index contributed by atoms with van der Waals surface area (Å²) in [5.74, 6) is -0.192. The first-order valence-electron chi connectivity index (χ1n) is 5.99. The van der Waals surface area contributed by atoms with Gasteiger partial charge in [-0.2, -0.15) is 0 Å². The number of rotatable bonds is 3. The van der Waals surface area contributed by atoms with E-state index in [9.17, 15) is 9.18 Å². The van der Waals surface area contributed by atoms with Crippen molar-refractivity contribution in [3.63, 3.8) is 0 Å². The lowest BCUT2D eigenvalue weighted by atomic mass is 10.2. The van der Waals surface area contributed by atoms with Gasteiger partial charge < -0.3 is 15.5 Å². The highest BCUT2D eigenvalue weighted by atomic mass is 19.1. The summed E-state index contributed by atoms with van der Waals surface area (Å²) in [6, 6.07) is 12.9. The standard InChI is InChI=1S/C15H11FN2O2/c16-9-5-7-10(8-6-9)20-14-11-3-1-2-4-12(11)18-13(14)15(17)19/h1-8,18H,(H2,17,19). The van der Waals surface area contributed by atoms with Gasteiger partial charge in [0.05, 0.1) is 0 Å². The number of ether oxygens (including phenoxy) is 1. The van der Waals surface area contributed by atoms with Crippen molar-refractivity contribution in [1.29, 1.82) is 0 Å². The zero-order chi connectivity index (χ0) is 14.1. The summed E-state index contributed by atoms with van der Waals surface area (Å²) in [6.45, 7) is 0. The second-order valence-corrected chi connectivity index (χ2v) is 4.29. The van der Waals surface area contributed by atoms with Crippen molar-refractivity contribution in [3.05, 3.63) is 60.0 Å². The lowest BCUT2D eigenvalue weighted by Crippen LogP contribution is -2.12. The van der Waals surface area contributed by atoms with E-state index in [2.05, 4.69) is 4.98 Å². The molecule has 3 N–H and O–H groups in total. The number of aromatic nitrogens is 1. The van der Waals surface area contributed by atoms with Gasteiger partial charge in [0.2, 0.25) is 0 Å². The molecule has 0 fully saturated rings. The van der Waals surface area contributed by atoms with Crippen molar-refractivity contribution < 1.29 is 13.9 Å². The van der Waals surface area contributed by atoms with Crippen molar-refractivity contribution in [2.75, 3.05) is 0 Å². The summed E-state index contributed by atoms with van der Waals surface area (Å²) in [6.07, 6.45) is 0. The number of fused-ring (bicyclic) bond motifs is 1. The monoisotopic (exact) mass is 270 g/mol. The van der Waals surface area contributed by atoms with Crippen LogP contribution in [0.4, 0.5) is 4.39 Å². The van der Waals surface area contributed by atoms with E-state index in [4.69, 9.17) is 10.5 Å². The Labute approximate surface area is 114 Å². The summed E-state index contributed by atoms with van der Waals surface area (Å²) in [4.78, 5) is 14.4. The van der Waals surface area contributed by atoms with Gasteiger partial charge in [0.1, 0.15) is 17.3 Å². The van der Waals surface area contributed by atoms with Crippen LogP contribution in [0.15, 0.2) is 48.5 Å². The molecule has 0 saturated carbocycles. The predicted octanol–water partition coefficient (Wildman–Crippen LogP) is 3.20. The molecule has 3 rings (SSSR count). The molecule has 0 bridgehead atoms. The maximum absolute atomic E-state index is 12.9. The van der Waals surface area contributed by atoms with Crippen LogP contribution < -0.4 is 10.5 Å². The minimum absolute atomic E-state index is 0.190. The Morgan fingerprint density at radius 3 is 2.50 bits per heavy atom. The number of nitrogens with two attached hydrogens (primary N) is 1. The summed E-state index contributed by atoms with van der Waals surface area (Å²) >= 11 is 0. The topological polar surface area (TPSA) is 68.1 Å². The van der Waals surface area contributed by atoms with Gasteiger partial charge in [0, 0.05) is 10.9 Å². The van der Waals surface area contributed by atoms with Gasteiger partial charge in [-0.05, 0) is 36.4 Å². The summed E-state index contributed by atoms with van der Waals surface area (Å²) < 4.78 is 18.6. The smallest absolute Gasteiger partial charge is 0.269 e. The second-order valence-electron chi connectivity index (χ2n) is 4.29. The number of benzene rings is 2. The number of hydrogen-bond donors (Lipinski definition) is 2. The highest BCUT2D eigenvalue weighted by Gasteiger charge is 2.17. The fraction of sp³-hybridized carbons (Fsp3) is 0. The minimum atomic E-state index is -0.613. The highest BCUT2D eigenvalue weighted by Crippen LogP contribution is 2.33. The van der Waals surface area contributed by atoms with E-state index in [-0.39, 0.29) is 11.5 Å². The van der Waals surface area contributed by atoms with Crippen LogP contribution in [0.5, 0.6) is 11.5 Å². The lowest BCUT2D eigenvalue weighted by Gasteiger charge is -2.06. The van der Waals surface area contributed by atoms with E-state index in [0.717, 1.165) is 10.9 Å². The minimum Gasteiger partial charge on any atom is -0.454 e. The molecule has 0 saturated heterocycles. The molecule has 0 aliphatic carbocycles. The van der Waals surface area contributed by atoms with Crippen molar-refractivity contribution in [2.45, 2.75) is 0 Å². The zero-order valence-electron chi connectivity index (χ0n) is 10.4. The molecule has 1 amide bonds. The molecule has 0 radical (unpaired) electrons. The molecule has 3 aromatic rings. The van der Waals surface area contributed by atoms with Gasteiger partial charge in [-0.1, -0.05) is 12.1 Å². The molecule has 1 aromatic heterocycles. The first kappa shape index (κ1) is 12.2. The molecule has 20 heavy (non-hydrogen) atoms. The fourth-order valence-electron chi connectivity index (χ4n) is 2.02. The molecule has 0 aliphatic heterocycles. The molecular weight excluding hydrogens is 259 g/mol. The van der Waals surface area contributed by atoms with Crippen LogP contribution in [0.3, 0.4) is 0 Å². The Hall–Kier alpha value is -2.82. The van der Waals surface area contributed by atoms with Crippen molar-refractivity contribution >= 4 is 16.8 Å². The van der Waals surface area contributed by atoms with E-state index in [1.165, 1.54) is 24.3 Å². The summed E-state index contributed by atoms with van der Waals surface area (Å²) in [5.41, 5.74) is 6.28. The third-order valence-electron chi connectivity index (χ3n) is 2.94. The van der Waals surface area contributed by atoms with Crippen LogP contribution in [-0.4, -0.2) is 10.9 Å². The molecule has 0 spiro atoms. The van der Waals surface area contributed by atoms with Gasteiger partial charge in [0.15, 0.2) is 5.75 Å². The average molecular weight is 270 g/mol. The molecule has 0 atom stereocenters. The van der Waals surface area contributed by atoms with Crippen LogP contribution >= 0.6 is 0 Å². The number of nitrogens with one attached hydrogen (secondary N) is 1. The Kier molecular flexibility index (Phi) is 2.87. The van der Waals surface area contributed by atoms with Crippen LogP contribution in [0.1, 0.15) is 10.5 Å². The molecule has 5 heteroatoms. The van der Waals surface area contributed by atoms with Crippen LogP contribution in [-0.2, 0) is 0 Å². The van der Waals surface area contributed by atoms with Crippen molar-refractivity contribution in [2.24, 2.45) is 5.73 Å². The summed E-state index contributed by atoms with van der Waals surface area (Å²) in [7, 11) is 0. The number of aromatic amines is 1. The number of H-pyrrole nitrogens is 1. The highest BCUT2D eigenvalue weighted by molar-refractivity contribution is 6.02. The van der Waals surface area contributed by atoms with Gasteiger partial charge in [-0.15, -0.1) is 0 Å². The van der Waals surface area contributed by atoms with Gasteiger partial charge in [-0.3, -0.25) is 4.79 Å². The SMILES string of the molecule is NC(=O)c1[nH]c2ccccc2c1Oc1ccc(F)cc1. The van der Waals surface area contributed by atoms with Gasteiger partial charge in [0.25, 0.3) is 5.91 Å². The van der Waals surface area contributed by atoms with E-state index < -0.39 is 5.91 Å².